The molecule has 2 aromatic rings. The fourth-order valence-electron chi connectivity index (χ4n) is 2.28. The van der Waals surface area contributed by atoms with Crippen LogP contribution in [0.5, 0.6) is 0 Å². The molecule has 0 saturated heterocycles. The number of rotatable bonds is 5. The number of aryl methyl sites for hydroxylation is 1. The fourth-order valence-corrected chi connectivity index (χ4v) is 2.28. The van der Waals surface area contributed by atoms with Crippen LogP contribution in [0.4, 0.5) is 11.5 Å². The molecular weight excluding hydrogens is 300 g/mol. The lowest BCUT2D eigenvalue weighted by Crippen LogP contribution is -2.16. The van der Waals surface area contributed by atoms with Crippen molar-refractivity contribution < 1.29 is 4.79 Å². The summed E-state index contributed by atoms with van der Waals surface area (Å²) in [5.74, 6) is 1.02. The molecule has 0 bridgehead atoms. The SMILES string of the molecule is CCCNc1cc(C(=O)Nc2ccc(C(C)(C)C)cc2)nc(C)n1. The largest absolute Gasteiger partial charge is 0.370 e. The molecule has 1 aromatic heterocycles. The predicted octanol–water partition coefficient (Wildman–Crippen LogP) is 4.16. The molecule has 0 aliphatic rings. The van der Waals surface area contributed by atoms with Gasteiger partial charge in [-0.15, -0.1) is 0 Å². The van der Waals surface area contributed by atoms with Crippen LogP contribution in [0.2, 0.25) is 0 Å². The zero-order chi connectivity index (χ0) is 17.7. The molecule has 1 aromatic carbocycles. The molecule has 24 heavy (non-hydrogen) atoms. The number of amides is 1. The summed E-state index contributed by atoms with van der Waals surface area (Å²) in [5, 5.41) is 6.08. The van der Waals surface area contributed by atoms with Gasteiger partial charge in [0.05, 0.1) is 0 Å². The molecule has 0 radical (unpaired) electrons. The van der Waals surface area contributed by atoms with E-state index in [1.54, 1.807) is 13.0 Å². The molecule has 128 valence electrons. The minimum atomic E-state index is -0.233. The van der Waals surface area contributed by atoms with Crippen molar-refractivity contribution in [2.75, 3.05) is 17.2 Å². The van der Waals surface area contributed by atoms with E-state index >= 15 is 0 Å². The highest BCUT2D eigenvalue weighted by Crippen LogP contribution is 2.23. The Morgan fingerprint density at radius 2 is 1.79 bits per heavy atom. The van der Waals surface area contributed by atoms with Crippen molar-refractivity contribution in [1.29, 1.82) is 0 Å². The van der Waals surface area contributed by atoms with Crippen LogP contribution in [0.1, 0.15) is 56.0 Å². The van der Waals surface area contributed by atoms with Gasteiger partial charge in [-0.25, -0.2) is 9.97 Å². The van der Waals surface area contributed by atoms with Crippen LogP contribution in [0.15, 0.2) is 30.3 Å². The summed E-state index contributed by atoms with van der Waals surface area (Å²) >= 11 is 0. The molecule has 0 saturated carbocycles. The molecule has 2 rings (SSSR count). The van der Waals surface area contributed by atoms with Gasteiger partial charge in [0.25, 0.3) is 5.91 Å². The molecule has 0 aliphatic heterocycles. The number of carbonyl (C=O) groups excluding carboxylic acids is 1. The molecule has 5 nitrogen and oxygen atoms in total. The first-order chi connectivity index (χ1) is 11.3. The van der Waals surface area contributed by atoms with Crippen LogP contribution in [-0.4, -0.2) is 22.4 Å². The molecule has 0 aliphatic carbocycles. The van der Waals surface area contributed by atoms with Crippen molar-refractivity contribution in [3.63, 3.8) is 0 Å². The van der Waals surface area contributed by atoms with E-state index in [1.807, 2.05) is 24.3 Å². The highest BCUT2D eigenvalue weighted by atomic mass is 16.1. The molecule has 0 spiro atoms. The van der Waals surface area contributed by atoms with E-state index in [9.17, 15) is 4.79 Å². The average molecular weight is 326 g/mol. The Balaban J connectivity index is 2.13. The Hall–Kier alpha value is -2.43. The van der Waals surface area contributed by atoms with Gasteiger partial charge in [0.2, 0.25) is 0 Å². The van der Waals surface area contributed by atoms with E-state index in [1.165, 1.54) is 5.56 Å². The smallest absolute Gasteiger partial charge is 0.274 e. The Morgan fingerprint density at radius 3 is 2.38 bits per heavy atom. The topological polar surface area (TPSA) is 66.9 Å². The number of carbonyl (C=O) groups is 1. The maximum atomic E-state index is 12.4. The molecule has 5 heteroatoms. The first kappa shape index (κ1) is 17.9. The van der Waals surface area contributed by atoms with Gasteiger partial charge in [0, 0.05) is 18.3 Å². The number of hydrogen-bond acceptors (Lipinski definition) is 4. The summed E-state index contributed by atoms with van der Waals surface area (Å²) in [5.41, 5.74) is 2.43. The standard InChI is InChI=1S/C19H26N4O/c1-6-11-20-17-12-16(21-13(2)22-17)18(24)23-15-9-7-14(8-10-15)19(3,4)5/h7-10,12H,6,11H2,1-5H3,(H,23,24)(H,20,21,22). The number of anilines is 2. The van der Waals surface area contributed by atoms with Gasteiger partial charge in [0.1, 0.15) is 17.3 Å². The average Bonchev–Trinajstić information content (AvgIpc) is 2.52. The predicted molar refractivity (Wildman–Crippen MR) is 98.6 cm³/mol. The molecule has 1 amide bonds. The second kappa shape index (κ2) is 7.43. The third-order valence-electron chi connectivity index (χ3n) is 3.64. The summed E-state index contributed by atoms with van der Waals surface area (Å²) < 4.78 is 0. The van der Waals surface area contributed by atoms with Crippen molar-refractivity contribution >= 4 is 17.4 Å². The van der Waals surface area contributed by atoms with Crippen LogP contribution >= 0.6 is 0 Å². The fraction of sp³-hybridized carbons (Fsp3) is 0.421. The van der Waals surface area contributed by atoms with Gasteiger partial charge >= 0.3 is 0 Å². The molecule has 0 fully saturated rings. The lowest BCUT2D eigenvalue weighted by molar-refractivity contribution is 0.102. The number of benzene rings is 1. The van der Waals surface area contributed by atoms with Gasteiger partial charge in [-0.3, -0.25) is 4.79 Å². The van der Waals surface area contributed by atoms with Crippen molar-refractivity contribution in [3.8, 4) is 0 Å². The summed E-state index contributed by atoms with van der Waals surface area (Å²) in [7, 11) is 0. The van der Waals surface area contributed by atoms with Crippen molar-refractivity contribution in [1.82, 2.24) is 9.97 Å². The zero-order valence-electron chi connectivity index (χ0n) is 15.1. The molecule has 0 atom stereocenters. The van der Waals surface area contributed by atoms with E-state index in [2.05, 4.69) is 48.3 Å². The van der Waals surface area contributed by atoms with E-state index in [0.717, 1.165) is 18.7 Å². The molecule has 1 heterocycles. The van der Waals surface area contributed by atoms with Crippen LogP contribution < -0.4 is 10.6 Å². The normalized spacial score (nSPS) is 11.2. The van der Waals surface area contributed by atoms with Crippen LogP contribution in [0.3, 0.4) is 0 Å². The van der Waals surface area contributed by atoms with Gasteiger partial charge in [-0.1, -0.05) is 39.8 Å². The molecule has 2 N–H and O–H groups in total. The third-order valence-corrected chi connectivity index (χ3v) is 3.64. The number of hydrogen-bond donors (Lipinski definition) is 2. The Morgan fingerprint density at radius 1 is 1.12 bits per heavy atom. The second-order valence-electron chi connectivity index (χ2n) is 6.89. The van der Waals surface area contributed by atoms with Gasteiger partial charge < -0.3 is 10.6 Å². The first-order valence-corrected chi connectivity index (χ1v) is 8.31. The monoisotopic (exact) mass is 326 g/mol. The van der Waals surface area contributed by atoms with Crippen LogP contribution in [0, 0.1) is 6.92 Å². The Labute approximate surface area is 143 Å². The van der Waals surface area contributed by atoms with Crippen LogP contribution in [-0.2, 0) is 5.41 Å². The summed E-state index contributed by atoms with van der Waals surface area (Å²) in [6.07, 6.45) is 0.991. The van der Waals surface area contributed by atoms with Crippen LogP contribution in [0.25, 0.3) is 0 Å². The quantitative estimate of drug-likeness (QED) is 0.866. The number of nitrogens with zero attached hydrogens (tertiary/aromatic N) is 2. The molecule has 0 unspecified atom stereocenters. The van der Waals surface area contributed by atoms with E-state index in [4.69, 9.17) is 0 Å². The van der Waals surface area contributed by atoms with Gasteiger partial charge in [0.15, 0.2) is 0 Å². The van der Waals surface area contributed by atoms with E-state index in [0.29, 0.717) is 17.3 Å². The lowest BCUT2D eigenvalue weighted by Gasteiger charge is -2.19. The van der Waals surface area contributed by atoms with Gasteiger partial charge in [-0.05, 0) is 36.5 Å². The second-order valence-corrected chi connectivity index (χ2v) is 6.89. The summed E-state index contributed by atoms with van der Waals surface area (Å²) in [6.45, 7) is 11.2. The van der Waals surface area contributed by atoms with E-state index in [-0.39, 0.29) is 11.3 Å². The third kappa shape index (κ3) is 4.78. The summed E-state index contributed by atoms with van der Waals surface area (Å²) in [6, 6.07) is 9.59. The highest BCUT2D eigenvalue weighted by molar-refractivity contribution is 6.03. The Kier molecular flexibility index (Phi) is 5.54. The zero-order valence-corrected chi connectivity index (χ0v) is 15.1. The van der Waals surface area contributed by atoms with Crippen molar-refractivity contribution in [3.05, 3.63) is 47.4 Å². The maximum absolute atomic E-state index is 12.4. The Bertz CT molecular complexity index is 702. The minimum absolute atomic E-state index is 0.0894. The maximum Gasteiger partial charge on any atom is 0.274 e. The number of aromatic nitrogens is 2. The lowest BCUT2D eigenvalue weighted by atomic mass is 9.87. The number of nitrogens with one attached hydrogen (secondary N) is 2. The summed E-state index contributed by atoms with van der Waals surface area (Å²) in [4.78, 5) is 21.0. The van der Waals surface area contributed by atoms with Gasteiger partial charge in [-0.2, -0.15) is 0 Å². The first-order valence-electron chi connectivity index (χ1n) is 8.31. The van der Waals surface area contributed by atoms with Crippen molar-refractivity contribution in [2.24, 2.45) is 0 Å². The molecular formula is C19H26N4O. The highest BCUT2D eigenvalue weighted by Gasteiger charge is 2.14. The van der Waals surface area contributed by atoms with E-state index < -0.39 is 0 Å². The van der Waals surface area contributed by atoms with Crippen molar-refractivity contribution in [2.45, 2.75) is 46.5 Å². The minimum Gasteiger partial charge on any atom is -0.370 e.